The van der Waals surface area contributed by atoms with Gasteiger partial charge in [-0.05, 0) is 42.9 Å². The van der Waals surface area contributed by atoms with Crippen molar-refractivity contribution in [1.29, 1.82) is 0 Å². The van der Waals surface area contributed by atoms with Crippen molar-refractivity contribution in [2.45, 2.75) is 58.0 Å². The molecule has 5 rings (SSSR count). The lowest BCUT2D eigenvalue weighted by Gasteiger charge is -2.37. The van der Waals surface area contributed by atoms with Crippen molar-refractivity contribution in [3.63, 3.8) is 0 Å². The monoisotopic (exact) mass is 521 g/mol. The highest BCUT2D eigenvalue weighted by Crippen LogP contribution is 2.48. The van der Waals surface area contributed by atoms with Crippen LogP contribution in [0, 0.1) is 5.92 Å². The van der Waals surface area contributed by atoms with Crippen LogP contribution in [0.2, 0.25) is 0 Å². The Morgan fingerprint density at radius 1 is 0.923 bits per heavy atom. The van der Waals surface area contributed by atoms with Gasteiger partial charge in [0.05, 0.1) is 6.61 Å². The molecule has 0 saturated carbocycles. The van der Waals surface area contributed by atoms with Crippen LogP contribution in [0.5, 0.6) is 5.75 Å². The second-order valence-electron chi connectivity index (χ2n) is 10.3. The third kappa shape index (κ3) is 5.88. The van der Waals surface area contributed by atoms with Crippen LogP contribution in [0.3, 0.4) is 0 Å². The number of benzene rings is 3. The maximum Gasteiger partial charge on any atom is 0.315 e. The summed E-state index contributed by atoms with van der Waals surface area (Å²) in [5.74, 6) is -0.765. The molecular formula is C34H35NO4. The van der Waals surface area contributed by atoms with Crippen LogP contribution in [0.4, 0.5) is 0 Å². The average Bonchev–Trinajstić information content (AvgIpc) is 2.96. The minimum atomic E-state index is -0.681. The summed E-state index contributed by atoms with van der Waals surface area (Å²) in [6.07, 6.45) is 2.77. The Morgan fingerprint density at radius 2 is 1.62 bits per heavy atom. The van der Waals surface area contributed by atoms with Gasteiger partial charge in [0.2, 0.25) is 0 Å². The van der Waals surface area contributed by atoms with Gasteiger partial charge in [0.25, 0.3) is 0 Å². The van der Waals surface area contributed by atoms with Crippen molar-refractivity contribution in [1.82, 2.24) is 0 Å². The van der Waals surface area contributed by atoms with Crippen LogP contribution >= 0.6 is 0 Å². The van der Waals surface area contributed by atoms with Gasteiger partial charge in [-0.15, -0.1) is 0 Å². The van der Waals surface area contributed by atoms with Crippen molar-refractivity contribution in [2.75, 3.05) is 6.61 Å². The van der Waals surface area contributed by atoms with Crippen molar-refractivity contribution in [3.8, 4) is 5.75 Å². The molecule has 2 aliphatic rings. The first-order chi connectivity index (χ1) is 19.1. The first kappa shape index (κ1) is 26.6. The van der Waals surface area contributed by atoms with Crippen LogP contribution in [-0.4, -0.2) is 24.1 Å². The number of ketones is 1. The molecule has 1 heterocycles. The molecule has 0 radical (unpaired) electrons. The summed E-state index contributed by atoms with van der Waals surface area (Å²) in [5.41, 5.74) is 5.08. The van der Waals surface area contributed by atoms with E-state index in [0.717, 1.165) is 35.2 Å². The second kappa shape index (κ2) is 12.2. The van der Waals surface area contributed by atoms with Crippen LogP contribution in [0.15, 0.2) is 101 Å². The Bertz CT molecular complexity index is 1380. The number of esters is 1. The molecule has 0 spiro atoms. The van der Waals surface area contributed by atoms with Crippen molar-refractivity contribution < 1.29 is 19.1 Å². The maximum absolute atomic E-state index is 13.9. The van der Waals surface area contributed by atoms with E-state index in [0.29, 0.717) is 43.1 Å². The molecule has 0 bridgehead atoms. The van der Waals surface area contributed by atoms with Crippen LogP contribution in [0.1, 0.15) is 68.1 Å². The van der Waals surface area contributed by atoms with Gasteiger partial charge in [0, 0.05) is 34.9 Å². The number of hydrogen-bond donors (Lipinski definition) is 0. The molecule has 0 amide bonds. The second-order valence-corrected chi connectivity index (χ2v) is 10.3. The number of Topliss-reactive ketones (excluding diaryl/α,β-unsaturated/α-hetero) is 1. The molecule has 1 unspecified atom stereocenters. The SMILES string of the molecule is CCCCOC(=O)C1C(C)=NC2=C(C(=O)C[C@@H](c3ccccc3)C2)[C@H]1c1ccccc1OCc1ccccc1. The lowest BCUT2D eigenvalue weighted by atomic mass is 9.69. The predicted molar refractivity (Wildman–Crippen MR) is 153 cm³/mol. The summed E-state index contributed by atoms with van der Waals surface area (Å²) in [6, 6.07) is 27.8. The van der Waals surface area contributed by atoms with Gasteiger partial charge >= 0.3 is 5.97 Å². The number of nitrogens with zero attached hydrogens (tertiary/aromatic N) is 1. The highest BCUT2D eigenvalue weighted by Gasteiger charge is 2.45. The van der Waals surface area contributed by atoms with Crippen LogP contribution < -0.4 is 4.74 Å². The van der Waals surface area contributed by atoms with E-state index in [1.807, 2.05) is 79.7 Å². The number of aliphatic imine (C=N–C) groups is 1. The smallest absolute Gasteiger partial charge is 0.315 e. The summed E-state index contributed by atoms with van der Waals surface area (Å²) in [6.45, 7) is 4.69. The molecule has 0 saturated heterocycles. The quantitative estimate of drug-likeness (QED) is 0.221. The molecular weight excluding hydrogens is 486 g/mol. The summed E-state index contributed by atoms with van der Waals surface area (Å²) in [5, 5.41) is 0. The zero-order valence-corrected chi connectivity index (χ0v) is 22.6. The summed E-state index contributed by atoms with van der Waals surface area (Å²) in [4.78, 5) is 32.3. The van der Waals surface area contributed by atoms with E-state index in [2.05, 4.69) is 19.1 Å². The first-order valence-corrected chi connectivity index (χ1v) is 13.9. The maximum atomic E-state index is 13.9. The van der Waals surface area contributed by atoms with Crippen molar-refractivity contribution >= 4 is 17.5 Å². The number of rotatable bonds is 9. The highest BCUT2D eigenvalue weighted by atomic mass is 16.5. The van der Waals surface area contributed by atoms with E-state index in [1.54, 1.807) is 0 Å². The lowest BCUT2D eigenvalue weighted by molar-refractivity contribution is -0.146. The molecule has 3 atom stereocenters. The summed E-state index contributed by atoms with van der Waals surface area (Å²) in [7, 11) is 0. The molecule has 3 aromatic rings. The number of carbonyl (C=O) groups excluding carboxylic acids is 2. The molecule has 1 aliphatic carbocycles. The number of unbranched alkanes of at least 4 members (excludes halogenated alkanes) is 1. The Labute approximate surface area is 230 Å². The van der Waals surface area contributed by atoms with E-state index in [1.165, 1.54) is 0 Å². The first-order valence-electron chi connectivity index (χ1n) is 13.9. The molecule has 39 heavy (non-hydrogen) atoms. The zero-order chi connectivity index (χ0) is 27.2. The van der Waals surface area contributed by atoms with Gasteiger partial charge in [0.1, 0.15) is 18.3 Å². The van der Waals surface area contributed by atoms with Crippen LogP contribution in [-0.2, 0) is 20.9 Å². The fourth-order valence-electron chi connectivity index (χ4n) is 5.67. The van der Waals surface area contributed by atoms with Gasteiger partial charge in [0.15, 0.2) is 5.78 Å². The third-order valence-corrected chi connectivity index (χ3v) is 7.65. The average molecular weight is 522 g/mol. The van der Waals surface area contributed by atoms with Gasteiger partial charge < -0.3 is 9.47 Å². The number of carbonyl (C=O) groups is 2. The van der Waals surface area contributed by atoms with Crippen molar-refractivity contribution in [2.24, 2.45) is 10.9 Å². The van der Waals surface area contributed by atoms with Crippen molar-refractivity contribution in [3.05, 3.63) is 113 Å². The fourth-order valence-corrected chi connectivity index (χ4v) is 5.67. The van der Waals surface area contributed by atoms with Crippen LogP contribution in [0.25, 0.3) is 0 Å². The van der Waals surface area contributed by atoms with Gasteiger partial charge in [-0.2, -0.15) is 0 Å². The number of ether oxygens (including phenoxy) is 2. The molecule has 3 aromatic carbocycles. The Morgan fingerprint density at radius 3 is 2.36 bits per heavy atom. The molecule has 5 heteroatoms. The Hall–Kier alpha value is -3.99. The number of allylic oxidation sites excluding steroid dienone is 2. The zero-order valence-electron chi connectivity index (χ0n) is 22.6. The molecule has 0 N–H and O–H groups in total. The normalized spacial score (nSPS) is 20.7. The molecule has 200 valence electrons. The van der Waals surface area contributed by atoms with Gasteiger partial charge in [-0.3, -0.25) is 14.6 Å². The minimum absolute atomic E-state index is 0.0376. The van der Waals surface area contributed by atoms with Gasteiger partial charge in [-0.25, -0.2) is 0 Å². The standard InChI is InChI=1S/C34H35NO4/c1-3-4-19-38-34(37)31-23(2)35-28-20-26(25-15-9-6-10-16-25)21-29(36)33(28)32(31)27-17-11-12-18-30(27)39-22-24-13-7-5-8-14-24/h5-18,26,31-32H,3-4,19-22H2,1-2H3/t26-,31?,32-/m0/s1. The predicted octanol–water partition coefficient (Wildman–Crippen LogP) is 7.18. The van der Waals surface area contributed by atoms with E-state index in [9.17, 15) is 9.59 Å². The largest absolute Gasteiger partial charge is 0.489 e. The summed E-state index contributed by atoms with van der Waals surface area (Å²) >= 11 is 0. The molecule has 0 fully saturated rings. The highest BCUT2D eigenvalue weighted by molar-refractivity contribution is 6.09. The van der Waals surface area contributed by atoms with Gasteiger partial charge in [-0.1, -0.05) is 92.2 Å². The topological polar surface area (TPSA) is 65.0 Å². The number of para-hydroxylation sites is 1. The summed E-state index contributed by atoms with van der Waals surface area (Å²) < 4.78 is 12.0. The minimum Gasteiger partial charge on any atom is -0.489 e. The van der Waals surface area contributed by atoms with E-state index in [4.69, 9.17) is 14.5 Å². The molecule has 0 aromatic heterocycles. The third-order valence-electron chi connectivity index (χ3n) is 7.65. The number of hydrogen-bond acceptors (Lipinski definition) is 5. The Balaban J connectivity index is 1.55. The van der Waals surface area contributed by atoms with E-state index in [-0.39, 0.29) is 17.7 Å². The fraction of sp³-hybridized carbons (Fsp3) is 0.324. The molecule has 1 aliphatic heterocycles. The van der Waals surface area contributed by atoms with E-state index >= 15 is 0 Å². The molecule has 5 nitrogen and oxygen atoms in total. The lowest BCUT2D eigenvalue weighted by Crippen LogP contribution is -2.38. The van der Waals surface area contributed by atoms with E-state index < -0.39 is 11.8 Å². The Kier molecular flexibility index (Phi) is 8.36.